The van der Waals surface area contributed by atoms with Crippen LogP contribution in [0.1, 0.15) is 29.8 Å². The predicted octanol–water partition coefficient (Wildman–Crippen LogP) is 3.34. The van der Waals surface area contributed by atoms with Crippen molar-refractivity contribution in [3.63, 3.8) is 0 Å². The number of para-hydroxylation sites is 1. The number of amides is 1. The Morgan fingerprint density at radius 3 is 2.24 bits per heavy atom. The zero-order chi connectivity index (χ0) is 21.6. The number of nitrogens with zero attached hydrogens (tertiary/aromatic N) is 1. The van der Waals surface area contributed by atoms with E-state index in [1.807, 2.05) is 13.8 Å². The summed E-state index contributed by atoms with van der Waals surface area (Å²) < 4.78 is 38.6. The van der Waals surface area contributed by atoms with Crippen LogP contribution in [0.2, 0.25) is 0 Å². The molecule has 0 fully saturated rings. The smallest absolute Gasteiger partial charge is 0.306 e. The van der Waals surface area contributed by atoms with Crippen molar-refractivity contribution in [2.45, 2.75) is 20.4 Å². The first-order valence-corrected chi connectivity index (χ1v) is 10.9. The first-order valence-electron chi connectivity index (χ1n) is 9.13. The van der Waals surface area contributed by atoms with Crippen molar-refractivity contribution in [3.05, 3.63) is 53.6 Å². The van der Waals surface area contributed by atoms with Gasteiger partial charge in [-0.2, -0.15) is 8.42 Å². The lowest BCUT2D eigenvalue weighted by molar-refractivity contribution is 0.0719. The van der Waals surface area contributed by atoms with E-state index in [1.165, 1.54) is 14.2 Å². The quantitative estimate of drug-likeness (QED) is 0.578. The number of rotatable bonds is 9. The van der Waals surface area contributed by atoms with Crippen molar-refractivity contribution < 1.29 is 26.9 Å². The zero-order valence-electron chi connectivity index (χ0n) is 17.3. The highest BCUT2D eigenvalue weighted by Crippen LogP contribution is 2.30. The van der Waals surface area contributed by atoms with Crippen LogP contribution in [-0.2, 0) is 16.7 Å². The van der Waals surface area contributed by atoms with E-state index in [4.69, 9.17) is 13.7 Å². The Labute approximate surface area is 172 Å². The highest BCUT2D eigenvalue weighted by atomic mass is 32.2. The molecule has 7 nitrogen and oxygen atoms in total. The molecule has 0 bridgehead atoms. The largest absolute Gasteiger partial charge is 0.496 e. The summed E-state index contributed by atoms with van der Waals surface area (Å²) in [6, 6.07) is 12.0. The molecular formula is C21H27NO6S. The molecule has 0 atom stereocenters. The van der Waals surface area contributed by atoms with Gasteiger partial charge >= 0.3 is 10.1 Å². The summed E-state index contributed by atoms with van der Waals surface area (Å²) in [7, 11) is -0.763. The second kappa shape index (κ2) is 9.65. The number of hydrogen-bond donors (Lipinski definition) is 0. The molecule has 0 aliphatic rings. The van der Waals surface area contributed by atoms with Crippen molar-refractivity contribution in [1.82, 2.24) is 4.90 Å². The third-order valence-corrected chi connectivity index (χ3v) is 4.54. The summed E-state index contributed by atoms with van der Waals surface area (Å²) in [5.41, 5.74) is 1.19. The van der Waals surface area contributed by atoms with Gasteiger partial charge in [-0.05, 0) is 35.7 Å². The average Bonchev–Trinajstić information content (AvgIpc) is 2.65. The Morgan fingerprint density at radius 2 is 1.66 bits per heavy atom. The standard InChI is InChI=1S/C21H27NO6S/c1-15(2)13-22(21(23)17-8-6-7-9-18(17)26-3)14-16-10-11-19(27-4)20(12-16)28-29(5,24)25/h6-12,15H,13-14H2,1-5H3. The van der Waals surface area contributed by atoms with E-state index in [1.54, 1.807) is 47.4 Å². The summed E-state index contributed by atoms with van der Waals surface area (Å²) >= 11 is 0. The van der Waals surface area contributed by atoms with Crippen LogP contribution in [0.5, 0.6) is 17.2 Å². The minimum atomic E-state index is -3.72. The summed E-state index contributed by atoms with van der Waals surface area (Å²) in [5.74, 6) is 0.950. The van der Waals surface area contributed by atoms with Gasteiger partial charge in [-0.1, -0.05) is 32.0 Å². The molecule has 0 heterocycles. The monoisotopic (exact) mass is 421 g/mol. The fourth-order valence-electron chi connectivity index (χ4n) is 2.92. The molecule has 158 valence electrons. The van der Waals surface area contributed by atoms with Crippen LogP contribution in [-0.4, -0.2) is 46.2 Å². The fraction of sp³-hybridized carbons (Fsp3) is 0.381. The molecule has 1 amide bonds. The number of benzene rings is 2. The van der Waals surface area contributed by atoms with Crippen molar-refractivity contribution in [1.29, 1.82) is 0 Å². The van der Waals surface area contributed by atoms with E-state index >= 15 is 0 Å². The van der Waals surface area contributed by atoms with Gasteiger partial charge < -0.3 is 18.6 Å². The summed E-state index contributed by atoms with van der Waals surface area (Å²) in [6.45, 7) is 4.84. The van der Waals surface area contributed by atoms with E-state index in [-0.39, 0.29) is 24.1 Å². The number of carbonyl (C=O) groups is 1. The minimum absolute atomic E-state index is 0.0849. The molecule has 2 aromatic rings. The normalized spacial score (nSPS) is 11.2. The second-order valence-corrected chi connectivity index (χ2v) is 8.63. The Balaban J connectivity index is 2.37. The van der Waals surface area contributed by atoms with Crippen molar-refractivity contribution in [2.75, 3.05) is 27.0 Å². The molecule has 0 N–H and O–H groups in total. The van der Waals surface area contributed by atoms with Gasteiger partial charge in [0.15, 0.2) is 11.5 Å². The highest BCUT2D eigenvalue weighted by molar-refractivity contribution is 7.86. The van der Waals surface area contributed by atoms with Crippen LogP contribution in [0.3, 0.4) is 0 Å². The second-order valence-electron chi connectivity index (χ2n) is 7.05. The van der Waals surface area contributed by atoms with Crippen LogP contribution in [0.4, 0.5) is 0 Å². The molecule has 0 aliphatic heterocycles. The van der Waals surface area contributed by atoms with Crippen molar-refractivity contribution in [2.24, 2.45) is 5.92 Å². The van der Waals surface area contributed by atoms with Crippen LogP contribution < -0.4 is 13.7 Å². The molecule has 0 unspecified atom stereocenters. The van der Waals surface area contributed by atoms with Crippen molar-refractivity contribution >= 4 is 16.0 Å². The van der Waals surface area contributed by atoms with E-state index in [0.717, 1.165) is 6.26 Å². The topological polar surface area (TPSA) is 82.1 Å². The first kappa shape index (κ1) is 22.5. The highest BCUT2D eigenvalue weighted by Gasteiger charge is 2.21. The van der Waals surface area contributed by atoms with Gasteiger partial charge in [0.2, 0.25) is 0 Å². The van der Waals surface area contributed by atoms with Gasteiger partial charge in [0, 0.05) is 13.1 Å². The maximum absolute atomic E-state index is 13.2. The fourth-order valence-corrected chi connectivity index (χ4v) is 3.38. The maximum atomic E-state index is 13.2. The van der Waals surface area contributed by atoms with Crippen LogP contribution >= 0.6 is 0 Å². The van der Waals surface area contributed by atoms with E-state index in [2.05, 4.69) is 0 Å². The van der Waals surface area contributed by atoms with Gasteiger partial charge in [0.1, 0.15) is 5.75 Å². The third-order valence-electron chi connectivity index (χ3n) is 4.05. The van der Waals surface area contributed by atoms with E-state index < -0.39 is 10.1 Å². The average molecular weight is 422 g/mol. The van der Waals surface area contributed by atoms with Gasteiger partial charge in [-0.15, -0.1) is 0 Å². The molecule has 29 heavy (non-hydrogen) atoms. The summed E-state index contributed by atoms with van der Waals surface area (Å²) in [6.07, 6.45) is 0.968. The molecule has 2 aromatic carbocycles. The summed E-state index contributed by atoms with van der Waals surface area (Å²) in [5, 5.41) is 0. The number of carbonyl (C=O) groups excluding carboxylic acids is 1. The molecule has 0 spiro atoms. The van der Waals surface area contributed by atoms with Gasteiger partial charge in [0.05, 0.1) is 26.0 Å². The zero-order valence-corrected chi connectivity index (χ0v) is 18.2. The molecule has 0 radical (unpaired) electrons. The van der Waals surface area contributed by atoms with Gasteiger partial charge in [-0.3, -0.25) is 4.79 Å². The molecule has 8 heteroatoms. The van der Waals surface area contributed by atoms with Gasteiger partial charge in [-0.25, -0.2) is 0 Å². The van der Waals surface area contributed by atoms with Crippen LogP contribution in [0.25, 0.3) is 0 Å². The minimum Gasteiger partial charge on any atom is -0.496 e. The van der Waals surface area contributed by atoms with Crippen LogP contribution in [0, 0.1) is 5.92 Å². The summed E-state index contributed by atoms with van der Waals surface area (Å²) in [4.78, 5) is 14.9. The lowest BCUT2D eigenvalue weighted by Gasteiger charge is -2.26. The van der Waals surface area contributed by atoms with Gasteiger partial charge in [0.25, 0.3) is 5.91 Å². The molecule has 2 rings (SSSR count). The maximum Gasteiger partial charge on any atom is 0.306 e. The third kappa shape index (κ3) is 6.39. The number of hydrogen-bond acceptors (Lipinski definition) is 6. The molecular weight excluding hydrogens is 394 g/mol. The molecule has 0 aromatic heterocycles. The number of ether oxygens (including phenoxy) is 2. The van der Waals surface area contributed by atoms with Crippen LogP contribution in [0.15, 0.2) is 42.5 Å². The molecule has 0 saturated carbocycles. The first-order chi connectivity index (χ1) is 13.6. The van der Waals surface area contributed by atoms with Crippen molar-refractivity contribution in [3.8, 4) is 17.2 Å². The Bertz CT molecular complexity index is 955. The molecule has 0 saturated heterocycles. The molecule has 0 aliphatic carbocycles. The predicted molar refractivity (Wildman–Crippen MR) is 111 cm³/mol. The lowest BCUT2D eigenvalue weighted by Crippen LogP contribution is -2.34. The Kier molecular flexibility index (Phi) is 7.50. The Morgan fingerprint density at radius 1 is 1.00 bits per heavy atom. The Hall–Kier alpha value is -2.74. The number of methoxy groups -OCH3 is 2. The lowest BCUT2D eigenvalue weighted by atomic mass is 10.1. The SMILES string of the molecule is COc1ccc(CN(CC(C)C)C(=O)c2ccccc2OC)cc1OS(C)(=O)=O. The van der Waals surface area contributed by atoms with E-state index in [9.17, 15) is 13.2 Å². The van der Waals surface area contributed by atoms with E-state index in [0.29, 0.717) is 29.2 Å².